The molecule has 9 heteroatoms. The first-order valence-corrected chi connectivity index (χ1v) is 11.6. The van der Waals surface area contributed by atoms with Gasteiger partial charge in [-0.3, -0.25) is 14.1 Å². The fourth-order valence-electron chi connectivity index (χ4n) is 3.24. The molecule has 7 nitrogen and oxygen atoms in total. The molecular formula is C22H20N2O5S2. The van der Waals surface area contributed by atoms with E-state index in [1.165, 1.54) is 26.4 Å². The minimum Gasteiger partial charge on any atom is -0.493 e. The Balaban J connectivity index is 1.66. The number of benzene rings is 3. The first kappa shape index (κ1) is 21.0. The maximum absolute atomic E-state index is 12.9. The van der Waals surface area contributed by atoms with Crippen molar-refractivity contribution in [3.8, 4) is 11.5 Å². The summed E-state index contributed by atoms with van der Waals surface area (Å²) in [6.45, 7) is 0.426. The Bertz CT molecular complexity index is 1390. The summed E-state index contributed by atoms with van der Waals surface area (Å²) >= 11 is 1.02. The first-order chi connectivity index (χ1) is 14.9. The van der Waals surface area contributed by atoms with Crippen LogP contribution in [-0.4, -0.2) is 27.2 Å². The van der Waals surface area contributed by atoms with Crippen molar-refractivity contribution in [2.45, 2.75) is 11.4 Å². The van der Waals surface area contributed by atoms with E-state index in [9.17, 15) is 13.2 Å². The molecule has 4 rings (SSSR count). The molecule has 0 radical (unpaired) electrons. The molecule has 0 aliphatic heterocycles. The monoisotopic (exact) mass is 456 g/mol. The van der Waals surface area contributed by atoms with Crippen molar-refractivity contribution in [2.24, 2.45) is 0 Å². The van der Waals surface area contributed by atoms with Crippen LogP contribution in [0.25, 0.3) is 10.2 Å². The number of hydrogen-bond acceptors (Lipinski definition) is 6. The van der Waals surface area contributed by atoms with Crippen molar-refractivity contribution in [1.29, 1.82) is 0 Å². The van der Waals surface area contributed by atoms with Crippen LogP contribution in [0.3, 0.4) is 0 Å². The maximum atomic E-state index is 12.9. The van der Waals surface area contributed by atoms with Gasteiger partial charge in [0.25, 0.3) is 10.0 Å². The quantitative estimate of drug-likeness (QED) is 0.455. The second-order valence-electron chi connectivity index (χ2n) is 6.74. The zero-order valence-electron chi connectivity index (χ0n) is 16.9. The van der Waals surface area contributed by atoms with E-state index in [0.717, 1.165) is 16.9 Å². The first-order valence-electron chi connectivity index (χ1n) is 9.33. The summed E-state index contributed by atoms with van der Waals surface area (Å²) in [7, 11) is -0.878. The molecule has 0 aliphatic carbocycles. The number of rotatable bonds is 7. The Labute approximate surface area is 183 Å². The molecule has 0 amide bonds. The number of sulfonamides is 1. The molecule has 0 atom stereocenters. The van der Waals surface area contributed by atoms with Gasteiger partial charge in [0.2, 0.25) is 0 Å². The lowest BCUT2D eigenvalue weighted by Gasteiger charge is -2.12. The standard InChI is InChI=1S/C22H20N2O5S2/c1-28-19-11-8-16(12-20(19)29-2)23-31(26,27)17-9-10-18-21(13-17)30-22(25)24(18)14-15-6-4-3-5-7-15/h3-13,23H,14H2,1-2H3. The minimum absolute atomic E-state index is 0.0721. The highest BCUT2D eigenvalue weighted by atomic mass is 32.2. The number of nitrogens with one attached hydrogen (secondary N) is 1. The highest BCUT2D eigenvalue weighted by molar-refractivity contribution is 7.92. The highest BCUT2D eigenvalue weighted by Gasteiger charge is 2.18. The Morgan fingerprint density at radius 3 is 2.39 bits per heavy atom. The van der Waals surface area contributed by atoms with E-state index < -0.39 is 10.0 Å². The van der Waals surface area contributed by atoms with Crippen molar-refractivity contribution in [3.63, 3.8) is 0 Å². The molecule has 0 unspecified atom stereocenters. The predicted octanol–water partition coefficient (Wildman–Crippen LogP) is 3.93. The zero-order valence-corrected chi connectivity index (χ0v) is 18.5. The average molecular weight is 457 g/mol. The minimum atomic E-state index is -3.86. The summed E-state index contributed by atoms with van der Waals surface area (Å²) < 4.78 is 41.0. The number of fused-ring (bicyclic) bond motifs is 1. The topological polar surface area (TPSA) is 86.6 Å². The summed E-state index contributed by atoms with van der Waals surface area (Å²) in [4.78, 5) is 12.5. The number of ether oxygens (including phenoxy) is 2. The fourth-order valence-corrected chi connectivity index (χ4v) is 5.32. The lowest BCUT2D eigenvalue weighted by atomic mass is 10.2. The molecule has 0 fully saturated rings. The van der Waals surface area contributed by atoms with Crippen LogP contribution in [0.1, 0.15) is 5.56 Å². The van der Waals surface area contributed by atoms with Crippen LogP contribution < -0.4 is 19.1 Å². The molecule has 1 N–H and O–H groups in total. The van der Waals surface area contributed by atoms with Crippen LogP contribution in [0.2, 0.25) is 0 Å². The molecule has 0 saturated heterocycles. The van der Waals surface area contributed by atoms with Crippen LogP contribution in [-0.2, 0) is 16.6 Å². The van der Waals surface area contributed by atoms with Crippen LogP contribution in [0.15, 0.2) is 76.4 Å². The van der Waals surface area contributed by atoms with Gasteiger partial charge in [-0.1, -0.05) is 41.7 Å². The second-order valence-corrected chi connectivity index (χ2v) is 9.42. The number of anilines is 1. The summed E-state index contributed by atoms with van der Waals surface area (Å²) in [6.07, 6.45) is 0. The number of nitrogens with zero attached hydrogens (tertiary/aromatic N) is 1. The predicted molar refractivity (Wildman–Crippen MR) is 122 cm³/mol. The molecule has 0 spiro atoms. The van der Waals surface area contributed by atoms with Crippen LogP contribution in [0, 0.1) is 0 Å². The molecule has 0 bridgehead atoms. The third-order valence-corrected chi connectivity index (χ3v) is 7.09. The van der Waals surface area contributed by atoms with Gasteiger partial charge in [0, 0.05) is 6.07 Å². The molecular weight excluding hydrogens is 436 g/mol. The van der Waals surface area contributed by atoms with Gasteiger partial charge in [-0.25, -0.2) is 8.42 Å². The Morgan fingerprint density at radius 2 is 1.68 bits per heavy atom. The summed E-state index contributed by atoms with van der Waals surface area (Å²) in [5, 5.41) is 0. The van der Waals surface area contributed by atoms with E-state index in [2.05, 4.69) is 4.72 Å². The molecule has 0 saturated carbocycles. The van der Waals surface area contributed by atoms with Crippen LogP contribution >= 0.6 is 11.3 Å². The van der Waals surface area contributed by atoms with Gasteiger partial charge >= 0.3 is 4.87 Å². The van der Waals surface area contributed by atoms with Gasteiger partial charge in [-0.05, 0) is 35.9 Å². The number of methoxy groups -OCH3 is 2. The average Bonchev–Trinajstić information content (AvgIpc) is 3.08. The van der Waals surface area contributed by atoms with E-state index in [-0.39, 0.29) is 9.77 Å². The summed E-state index contributed by atoms with van der Waals surface area (Å²) in [6, 6.07) is 19.1. The van der Waals surface area contributed by atoms with Crippen molar-refractivity contribution >= 4 is 37.3 Å². The number of hydrogen-bond donors (Lipinski definition) is 1. The van der Waals surface area contributed by atoms with Gasteiger partial charge in [0.05, 0.1) is 41.6 Å². The van der Waals surface area contributed by atoms with Gasteiger partial charge in [-0.2, -0.15) is 0 Å². The lowest BCUT2D eigenvalue weighted by molar-refractivity contribution is 0.355. The van der Waals surface area contributed by atoms with Crippen molar-refractivity contribution in [3.05, 3.63) is 82.0 Å². The lowest BCUT2D eigenvalue weighted by Crippen LogP contribution is -2.14. The van der Waals surface area contributed by atoms with E-state index >= 15 is 0 Å². The van der Waals surface area contributed by atoms with E-state index in [4.69, 9.17) is 9.47 Å². The molecule has 31 heavy (non-hydrogen) atoms. The summed E-state index contributed by atoms with van der Waals surface area (Å²) in [5.41, 5.74) is 2.03. The van der Waals surface area contributed by atoms with Crippen molar-refractivity contribution < 1.29 is 17.9 Å². The Morgan fingerprint density at radius 1 is 0.935 bits per heavy atom. The van der Waals surface area contributed by atoms with E-state index in [1.54, 1.807) is 28.8 Å². The SMILES string of the molecule is COc1ccc(NS(=O)(=O)c2ccc3c(c2)sc(=O)n3Cc2ccccc2)cc1OC. The van der Waals surface area contributed by atoms with E-state index in [1.807, 2.05) is 30.3 Å². The van der Waals surface area contributed by atoms with Gasteiger partial charge in [-0.15, -0.1) is 0 Å². The van der Waals surface area contributed by atoms with Crippen molar-refractivity contribution in [1.82, 2.24) is 4.57 Å². The van der Waals surface area contributed by atoms with E-state index in [0.29, 0.717) is 33.9 Å². The Hall–Kier alpha value is -3.30. The maximum Gasteiger partial charge on any atom is 0.308 e. The number of aromatic nitrogens is 1. The van der Waals surface area contributed by atoms with Crippen LogP contribution in [0.4, 0.5) is 5.69 Å². The fraction of sp³-hybridized carbons (Fsp3) is 0.136. The van der Waals surface area contributed by atoms with Gasteiger partial charge in [0.1, 0.15) is 0 Å². The van der Waals surface area contributed by atoms with Crippen LogP contribution in [0.5, 0.6) is 11.5 Å². The molecule has 0 aliphatic rings. The third-order valence-electron chi connectivity index (χ3n) is 4.77. The third kappa shape index (κ3) is 4.28. The smallest absolute Gasteiger partial charge is 0.308 e. The zero-order chi connectivity index (χ0) is 22.0. The van der Waals surface area contributed by atoms with Crippen molar-refractivity contribution in [2.75, 3.05) is 18.9 Å². The normalized spacial score (nSPS) is 11.4. The largest absolute Gasteiger partial charge is 0.493 e. The van der Waals surface area contributed by atoms with Gasteiger partial charge in [0.15, 0.2) is 11.5 Å². The molecule has 160 valence electrons. The number of thiazole rings is 1. The second kappa shape index (κ2) is 8.44. The molecule has 4 aromatic rings. The molecule has 1 aromatic heterocycles. The van der Waals surface area contributed by atoms with Gasteiger partial charge < -0.3 is 9.47 Å². The highest BCUT2D eigenvalue weighted by Crippen LogP contribution is 2.31. The molecule has 3 aromatic carbocycles. The summed E-state index contributed by atoms with van der Waals surface area (Å²) in [5.74, 6) is 0.908. The molecule has 1 heterocycles. The Kier molecular flexibility index (Phi) is 5.71.